The van der Waals surface area contributed by atoms with E-state index < -0.39 is 60.3 Å². The summed E-state index contributed by atoms with van der Waals surface area (Å²) in [4.78, 5) is 79.8. The van der Waals surface area contributed by atoms with E-state index in [0.717, 1.165) is 6.07 Å². The fraction of sp³-hybridized carbons (Fsp3) is 0.212. The van der Waals surface area contributed by atoms with Crippen LogP contribution in [-0.4, -0.2) is 58.2 Å². The standard InChI is InChI=1S/C33H28N2O10/c1-20(36)17-24-18-26(37)35(33(41)34-24)29-28(45-32(40)23-15-9-4-10-16-23)27(44-31(39)22-13-7-3-8-14-22)25(43-29)19-42-30(38)21-11-5-2-6-12-21/h2-16,18,25,27-29H,17,19H2,1H3,(H,34,41)/t25-,27+,28+,29-/m0/s1. The van der Waals surface area contributed by atoms with Crippen molar-refractivity contribution in [3.63, 3.8) is 0 Å². The van der Waals surface area contributed by atoms with E-state index in [1.54, 1.807) is 66.7 Å². The van der Waals surface area contributed by atoms with E-state index in [2.05, 4.69) is 4.98 Å². The second-order valence-corrected chi connectivity index (χ2v) is 10.2. The first kappa shape index (κ1) is 30.8. The Balaban J connectivity index is 1.54. The minimum absolute atomic E-state index is 0.0740. The average Bonchev–Trinajstić information content (AvgIpc) is 3.35. The first-order chi connectivity index (χ1) is 21.7. The van der Waals surface area contributed by atoms with Gasteiger partial charge in [-0.15, -0.1) is 0 Å². The highest BCUT2D eigenvalue weighted by atomic mass is 16.7. The third kappa shape index (κ3) is 7.31. The van der Waals surface area contributed by atoms with Crippen LogP contribution in [0.5, 0.6) is 0 Å². The molecule has 2 heterocycles. The third-order valence-electron chi connectivity index (χ3n) is 6.89. The van der Waals surface area contributed by atoms with Crippen LogP contribution in [0, 0.1) is 0 Å². The van der Waals surface area contributed by atoms with Gasteiger partial charge in [-0.25, -0.2) is 23.7 Å². The summed E-state index contributed by atoms with van der Waals surface area (Å²) in [5.41, 5.74) is -1.20. The van der Waals surface area contributed by atoms with E-state index in [4.69, 9.17) is 18.9 Å². The second-order valence-electron chi connectivity index (χ2n) is 10.2. The molecule has 0 bridgehead atoms. The largest absolute Gasteiger partial charge is 0.459 e. The fourth-order valence-electron chi connectivity index (χ4n) is 4.82. The zero-order valence-electron chi connectivity index (χ0n) is 24.0. The number of aromatic nitrogens is 2. The molecule has 0 spiro atoms. The summed E-state index contributed by atoms with van der Waals surface area (Å²) in [6.07, 6.45) is -6.09. The van der Waals surface area contributed by atoms with Gasteiger partial charge in [0, 0.05) is 18.2 Å². The first-order valence-corrected chi connectivity index (χ1v) is 13.9. The van der Waals surface area contributed by atoms with E-state index in [9.17, 15) is 28.8 Å². The number of esters is 3. The zero-order chi connectivity index (χ0) is 31.9. The van der Waals surface area contributed by atoms with Crippen molar-refractivity contribution in [1.29, 1.82) is 0 Å². The molecule has 1 saturated heterocycles. The van der Waals surface area contributed by atoms with E-state index in [-0.39, 0.29) is 34.6 Å². The Morgan fingerprint density at radius 3 is 1.71 bits per heavy atom. The zero-order valence-corrected chi connectivity index (χ0v) is 24.0. The highest BCUT2D eigenvalue weighted by Gasteiger charge is 2.52. The lowest BCUT2D eigenvalue weighted by atomic mass is 10.1. The number of hydrogen-bond donors (Lipinski definition) is 1. The van der Waals surface area contributed by atoms with Crippen molar-refractivity contribution < 1.29 is 38.1 Å². The number of carbonyl (C=O) groups excluding carboxylic acids is 4. The van der Waals surface area contributed by atoms with Crippen LogP contribution >= 0.6 is 0 Å². The van der Waals surface area contributed by atoms with Gasteiger partial charge >= 0.3 is 23.6 Å². The van der Waals surface area contributed by atoms with Gasteiger partial charge in [-0.2, -0.15) is 0 Å². The molecule has 4 aromatic rings. The van der Waals surface area contributed by atoms with Gasteiger partial charge in [-0.1, -0.05) is 54.6 Å². The molecule has 3 aromatic carbocycles. The number of hydrogen-bond acceptors (Lipinski definition) is 10. The maximum Gasteiger partial charge on any atom is 0.338 e. The molecule has 0 radical (unpaired) electrons. The maximum atomic E-state index is 13.3. The summed E-state index contributed by atoms with van der Waals surface area (Å²) in [7, 11) is 0. The van der Waals surface area contributed by atoms with Gasteiger partial charge in [-0.05, 0) is 43.3 Å². The third-order valence-corrected chi connectivity index (χ3v) is 6.89. The van der Waals surface area contributed by atoms with Gasteiger partial charge in [0.1, 0.15) is 18.5 Å². The summed E-state index contributed by atoms with van der Waals surface area (Å²) >= 11 is 0. The number of H-pyrrole nitrogens is 1. The normalized spacial score (nSPS) is 19.0. The molecule has 1 fully saturated rings. The lowest BCUT2D eigenvalue weighted by Crippen LogP contribution is -2.46. The minimum atomic E-state index is -1.62. The summed E-state index contributed by atoms with van der Waals surface area (Å²) in [6, 6.07) is 25.0. The van der Waals surface area contributed by atoms with Gasteiger partial charge in [0.05, 0.1) is 16.7 Å². The molecule has 12 nitrogen and oxygen atoms in total. The Morgan fingerprint density at radius 2 is 1.22 bits per heavy atom. The number of ketones is 1. The number of carbonyl (C=O) groups is 4. The van der Waals surface area contributed by atoms with Crippen LogP contribution in [0.25, 0.3) is 0 Å². The Morgan fingerprint density at radius 1 is 0.733 bits per heavy atom. The number of nitrogens with one attached hydrogen (secondary N) is 1. The Hall–Kier alpha value is -5.62. The number of aromatic amines is 1. The Kier molecular flexibility index (Phi) is 9.44. The molecule has 230 valence electrons. The molecule has 0 amide bonds. The highest BCUT2D eigenvalue weighted by Crippen LogP contribution is 2.34. The monoisotopic (exact) mass is 612 g/mol. The number of ether oxygens (including phenoxy) is 4. The average molecular weight is 613 g/mol. The van der Waals surface area contributed by atoms with Gasteiger partial charge in [0.25, 0.3) is 5.56 Å². The molecule has 12 heteroatoms. The molecule has 1 aromatic heterocycles. The van der Waals surface area contributed by atoms with Crippen molar-refractivity contribution in [3.8, 4) is 0 Å². The molecular formula is C33H28N2O10. The van der Waals surface area contributed by atoms with Crippen LogP contribution in [0.15, 0.2) is 107 Å². The van der Waals surface area contributed by atoms with Crippen LogP contribution in [0.1, 0.15) is 49.9 Å². The maximum absolute atomic E-state index is 13.3. The smallest absolute Gasteiger partial charge is 0.338 e. The topological polar surface area (TPSA) is 160 Å². The first-order valence-electron chi connectivity index (χ1n) is 13.9. The number of nitrogens with zero attached hydrogens (tertiary/aromatic N) is 1. The van der Waals surface area contributed by atoms with Gasteiger partial charge in [0.2, 0.25) is 0 Å². The van der Waals surface area contributed by atoms with Crippen LogP contribution < -0.4 is 11.2 Å². The van der Waals surface area contributed by atoms with Crippen LogP contribution in [-0.2, 0) is 30.2 Å². The minimum Gasteiger partial charge on any atom is -0.459 e. The predicted molar refractivity (Wildman–Crippen MR) is 158 cm³/mol. The van der Waals surface area contributed by atoms with Crippen molar-refractivity contribution in [3.05, 3.63) is 140 Å². The van der Waals surface area contributed by atoms with E-state index in [1.165, 1.54) is 31.2 Å². The molecule has 1 aliphatic rings. The van der Waals surface area contributed by atoms with Crippen LogP contribution in [0.4, 0.5) is 0 Å². The van der Waals surface area contributed by atoms with Crippen molar-refractivity contribution in [2.45, 2.75) is 37.9 Å². The van der Waals surface area contributed by atoms with Gasteiger partial charge < -0.3 is 23.9 Å². The predicted octanol–water partition coefficient (Wildman–Crippen LogP) is 2.87. The molecular weight excluding hydrogens is 584 g/mol. The number of benzene rings is 3. The molecule has 0 saturated carbocycles. The molecule has 0 unspecified atom stereocenters. The summed E-state index contributed by atoms with van der Waals surface area (Å²) in [5.74, 6) is -2.67. The summed E-state index contributed by atoms with van der Waals surface area (Å²) in [6.45, 7) is 0.807. The molecule has 45 heavy (non-hydrogen) atoms. The van der Waals surface area contributed by atoms with Crippen molar-refractivity contribution in [2.24, 2.45) is 0 Å². The molecule has 0 aliphatic carbocycles. The molecule has 1 N–H and O–H groups in total. The van der Waals surface area contributed by atoms with E-state index >= 15 is 0 Å². The second kappa shape index (κ2) is 13.8. The molecule has 1 aliphatic heterocycles. The number of Topliss-reactive ketones (excluding diaryl/α,β-unsaturated/α-hetero) is 1. The van der Waals surface area contributed by atoms with Gasteiger partial charge in [-0.3, -0.25) is 9.59 Å². The van der Waals surface area contributed by atoms with Crippen molar-refractivity contribution in [1.82, 2.24) is 9.55 Å². The quantitative estimate of drug-likeness (QED) is 0.208. The van der Waals surface area contributed by atoms with Crippen molar-refractivity contribution in [2.75, 3.05) is 6.61 Å². The fourth-order valence-corrected chi connectivity index (χ4v) is 4.82. The van der Waals surface area contributed by atoms with Crippen molar-refractivity contribution >= 4 is 23.7 Å². The molecule has 4 atom stereocenters. The Bertz CT molecular complexity index is 1770. The summed E-state index contributed by atoms with van der Waals surface area (Å²) < 4.78 is 23.8. The van der Waals surface area contributed by atoms with Crippen LogP contribution in [0.2, 0.25) is 0 Å². The highest BCUT2D eigenvalue weighted by molar-refractivity contribution is 5.91. The lowest BCUT2D eigenvalue weighted by molar-refractivity contribution is -0.116. The molecule has 5 rings (SSSR count). The van der Waals surface area contributed by atoms with E-state index in [0.29, 0.717) is 4.57 Å². The Labute approximate surface area is 256 Å². The van der Waals surface area contributed by atoms with Gasteiger partial charge in [0.15, 0.2) is 18.4 Å². The summed E-state index contributed by atoms with van der Waals surface area (Å²) in [5, 5.41) is 0. The number of rotatable bonds is 10. The van der Waals surface area contributed by atoms with E-state index in [1.807, 2.05) is 0 Å². The van der Waals surface area contributed by atoms with Crippen LogP contribution in [0.3, 0.4) is 0 Å². The lowest BCUT2D eigenvalue weighted by Gasteiger charge is -2.25. The SMILES string of the molecule is CC(=O)Cc1cc(=O)n([C@H]2O[C@@H](COC(=O)c3ccccc3)[C@@H](OC(=O)c3ccccc3)[C@H]2OC(=O)c2ccccc2)c(=O)[nH]1.